The lowest BCUT2D eigenvalue weighted by Gasteiger charge is -2.07. The number of rotatable bonds is 8. The molecule has 0 aliphatic rings. The Morgan fingerprint density at radius 3 is 2.71 bits per heavy atom. The van der Waals surface area contributed by atoms with Crippen LogP contribution in [0.5, 0.6) is 5.75 Å². The van der Waals surface area contributed by atoms with Crippen molar-refractivity contribution in [1.82, 2.24) is 10.7 Å². The van der Waals surface area contributed by atoms with Crippen LogP contribution in [0.1, 0.15) is 19.8 Å². The number of nitrogens with two attached hydrogens (primary N) is 2. The lowest BCUT2D eigenvalue weighted by atomic mass is 10.4. The highest BCUT2D eigenvalue weighted by molar-refractivity contribution is 5.82. The van der Waals surface area contributed by atoms with Gasteiger partial charge in [-0.3, -0.25) is 4.79 Å². The molecule has 0 aliphatic carbocycles. The van der Waals surface area contributed by atoms with Gasteiger partial charge in [0.15, 0.2) is 19.0 Å². The minimum atomic E-state index is -0.214. The largest absolute Gasteiger partial charge is 0.483 e. The van der Waals surface area contributed by atoms with Crippen LogP contribution in [0.3, 0.4) is 0 Å². The molecule has 0 bridgehead atoms. The van der Waals surface area contributed by atoms with Crippen LogP contribution in [0.15, 0.2) is 29.6 Å². The first kappa shape index (κ1) is 16.7. The molecule has 0 atom stereocenters. The zero-order valence-electron chi connectivity index (χ0n) is 12.2. The minimum Gasteiger partial charge on any atom is -0.483 e. The van der Waals surface area contributed by atoms with Crippen molar-refractivity contribution < 1.29 is 14.1 Å². The van der Waals surface area contributed by atoms with Crippen LogP contribution in [0.4, 0.5) is 0 Å². The molecule has 116 valence electrons. The average Bonchev–Trinajstić information content (AvgIpc) is 2.51. The number of hydrogen-bond acceptors (Lipinski definition) is 5. The van der Waals surface area contributed by atoms with E-state index in [0.29, 0.717) is 24.6 Å². The van der Waals surface area contributed by atoms with E-state index in [1.54, 1.807) is 0 Å². The van der Waals surface area contributed by atoms with Crippen molar-refractivity contribution in [3.8, 4) is 5.75 Å². The van der Waals surface area contributed by atoms with Crippen LogP contribution in [0, 0.1) is 0 Å². The fourth-order valence-corrected chi connectivity index (χ4v) is 1.64. The highest BCUT2D eigenvalue weighted by atomic mass is 16.5. The molecular formula is C13H23N6O2+. The van der Waals surface area contributed by atoms with Gasteiger partial charge >= 0.3 is 0 Å². The Balaban J connectivity index is 2.26. The third-order valence-electron chi connectivity index (χ3n) is 2.72. The number of hydrogen-bond donors (Lipinski definition) is 4. The molecule has 1 rings (SSSR count). The fourth-order valence-electron chi connectivity index (χ4n) is 1.64. The van der Waals surface area contributed by atoms with E-state index in [0.717, 1.165) is 13.0 Å². The summed E-state index contributed by atoms with van der Waals surface area (Å²) in [6, 6.07) is 3.67. The molecule has 1 aromatic rings. The predicted octanol–water partition coefficient (Wildman–Crippen LogP) is -0.995. The van der Waals surface area contributed by atoms with Gasteiger partial charge in [-0.15, -0.1) is 0 Å². The zero-order valence-corrected chi connectivity index (χ0v) is 12.2. The summed E-state index contributed by atoms with van der Waals surface area (Å²) in [7, 11) is 0. The Hall–Kier alpha value is -2.35. The van der Waals surface area contributed by atoms with Crippen LogP contribution < -0.4 is 31.7 Å². The smallest absolute Gasteiger partial charge is 0.257 e. The Labute approximate surface area is 124 Å². The maximum Gasteiger partial charge on any atom is 0.257 e. The second kappa shape index (κ2) is 9.54. The molecule has 8 heteroatoms. The summed E-state index contributed by atoms with van der Waals surface area (Å²) in [4.78, 5) is 11.6. The Bertz CT molecular complexity index is 460. The highest BCUT2D eigenvalue weighted by Gasteiger charge is 2.05. The number of nitrogens with one attached hydrogen (secondary N) is 2. The van der Waals surface area contributed by atoms with Crippen molar-refractivity contribution >= 4 is 11.7 Å². The molecule has 21 heavy (non-hydrogen) atoms. The van der Waals surface area contributed by atoms with E-state index in [1.165, 1.54) is 0 Å². The monoisotopic (exact) mass is 295 g/mol. The molecule has 0 radical (unpaired) electrons. The first-order valence-corrected chi connectivity index (χ1v) is 6.81. The molecule has 0 saturated carbocycles. The molecule has 8 nitrogen and oxygen atoms in total. The molecule has 0 unspecified atom stereocenters. The number of aromatic nitrogens is 1. The van der Waals surface area contributed by atoms with E-state index in [2.05, 4.69) is 27.3 Å². The van der Waals surface area contributed by atoms with Gasteiger partial charge in [0.05, 0.1) is 0 Å². The lowest BCUT2D eigenvalue weighted by molar-refractivity contribution is -0.697. The van der Waals surface area contributed by atoms with Gasteiger partial charge in [0.25, 0.3) is 5.91 Å². The number of carbonyl (C=O) groups excluding carboxylic acids is 1. The number of amides is 1. The van der Waals surface area contributed by atoms with Gasteiger partial charge < -0.3 is 21.3 Å². The minimum absolute atomic E-state index is 0.0387. The predicted molar refractivity (Wildman–Crippen MR) is 79.0 cm³/mol. The SMILES string of the molecule is CCC[n+]1ccc(OCC(=O)NCC/C(=N/N)NN)cc1. The fraction of sp³-hybridized carbons (Fsp3) is 0.462. The van der Waals surface area contributed by atoms with Crippen LogP contribution in [-0.2, 0) is 11.3 Å². The van der Waals surface area contributed by atoms with Crippen LogP contribution in [0.25, 0.3) is 0 Å². The van der Waals surface area contributed by atoms with E-state index in [-0.39, 0.29) is 12.5 Å². The van der Waals surface area contributed by atoms with Gasteiger partial charge in [0.1, 0.15) is 18.1 Å². The topological polar surface area (TPSA) is 119 Å². The molecule has 0 saturated heterocycles. The number of aryl methyl sites for hydroxylation is 1. The summed E-state index contributed by atoms with van der Waals surface area (Å²) in [6.45, 7) is 3.42. The van der Waals surface area contributed by atoms with E-state index in [1.807, 2.05) is 24.5 Å². The lowest BCUT2D eigenvalue weighted by Crippen LogP contribution is -2.36. The molecule has 0 aromatic carbocycles. The summed E-state index contributed by atoms with van der Waals surface area (Å²) in [6.07, 6.45) is 5.35. The molecule has 6 N–H and O–H groups in total. The van der Waals surface area contributed by atoms with Gasteiger partial charge in [-0.25, -0.2) is 10.4 Å². The van der Waals surface area contributed by atoms with Gasteiger partial charge in [-0.2, -0.15) is 5.10 Å². The molecule has 0 spiro atoms. The van der Waals surface area contributed by atoms with Crippen molar-refractivity contribution in [2.24, 2.45) is 16.8 Å². The number of nitrogens with zero attached hydrogens (tertiary/aromatic N) is 2. The molecule has 0 fully saturated rings. The number of ether oxygens (including phenoxy) is 1. The Morgan fingerprint density at radius 1 is 1.43 bits per heavy atom. The zero-order chi connectivity index (χ0) is 15.5. The van der Waals surface area contributed by atoms with Crippen molar-refractivity contribution in [1.29, 1.82) is 0 Å². The summed E-state index contributed by atoms with van der Waals surface area (Å²) < 4.78 is 7.45. The molecule has 1 amide bonds. The summed E-state index contributed by atoms with van der Waals surface area (Å²) in [5.74, 6) is 11.1. The van der Waals surface area contributed by atoms with E-state index < -0.39 is 0 Å². The summed E-state index contributed by atoms with van der Waals surface area (Å²) >= 11 is 0. The van der Waals surface area contributed by atoms with Crippen molar-refractivity contribution in [3.63, 3.8) is 0 Å². The Morgan fingerprint density at radius 2 is 2.14 bits per heavy atom. The summed E-state index contributed by atoms with van der Waals surface area (Å²) in [5, 5.41) is 6.10. The number of amidine groups is 1. The second-order valence-electron chi connectivity index (χ2n) is 4.38. The quantitative estimate of drug-likeness (QED) is 0.161. The van der Waals surface area contributed by atoms with E-state index in [9.17, 15) is 4.79 Å². The number of pyridine rings is 1. The maximum atomic E-state index is 11.6. The summed E-state index contributed by atoms with van der Waals surface area (Å²) in [5.41, 5.74) is 2.34. The van der Waals surface area contributed by atoms with Gasteiger partial charge in [-0.1, -0.05) is 6.92 Å². The Kier molecular flexibility index (Phi) is 7.59. The number of hydrazone groups is 1. The van der Waals surface area contributed by atoms with Crippen LogP contribution >= 0.6 is 0 Å². The molecule has 1 heterocycles. The van der Waals surface area contributed by atoms with Crippen molar-refractivity contribution in [2.75, 3.05) is 13.2 Å². The van der Waals surface area contributed by atoms with Crippen LogP contribution in [-0.4, -0.2) is 24.9 Å². The van der Waals surface area contributed by atoms with Crippen LogP contribution in [0.2, 0.25) is 0 Å². The first-order chi connectivity index (χ1) is 10.2. The highest BCUT2D eigenvalue weighted by Crippen LogP contribution is 2.05. The average molecular weight is 295 g/mol. The van der Waals surface area contributed by atoms with Gasteiger partial charge in [0, 0.05) is 31.5 Å². The third-order valence-corrected chi connectivity index (χ3v) is 2.72. The molecule has 0 aliphatic heterocycles. The van der Waals surface area contributed by atoms with E-state index in [4.69, 9.17) is 16.4 Å². The van der Waals surface area contributed by atoms with Gasteiger partial charge in [-0.05, 0) is 0 Å². The second-order valence-corrected chi connectivity index (χ2v) is 4.38. The normalized spacial score (nSPS) is 11.0. The third kappa shape index (κ3) is 6.57. The number of hydrazine groups is 1. The molecular weight excluding hydrogens is 272 g/mol. The van der Waals surface area contributed by atoms with Crippen molar-refractivity contribution in [3.05, 3.63) is 24.5 Å². The maximum absolute atomic E-state index is 11.6. The van der Waals surface area contributed by atoms with Gasteiger partial charge in [0.2, 0.25) is 0 Å². The number of carbonyl (C=O) groups is 1. The first-order valence-electron chi connectivity index (χ1n) is 6.81. The molecule has 1 aromatic heterocycles. The standard InChI is InChI=1S/C13H22N6O2/c1-2-7-19-8-4-11(5-9-19)21-10-13(20)16-6-3-12(17-14)18-15/h4-5,8-9H,2-3,6-7,10,14-15H2,1H3,(H-,16,17,18,20)/p+1. The van der Waals surface area contributed by atoms with Crippen molar-refractivity contribution in [2.45, 2.75) is 26.3 Å². The van der Waals surface area contributed by atoms with E-state index >= 15 is 0 Å².